The summed E-state index contributed by atoms with van der Waals surface area (Å²) < 4.78 is 23.3. The predicted molar refractivity (Wildman–Crippen MR) is 115 cm³/mol. The molecule has 2 aromatic carbocycles. The number of ether oxygens (including phenoxy) is 4. The minimum Gasteiger partial charge on any atom is -0.492 e. The first-order valence-electron chi connectivity index (χ1n) is 10.4. The standard InChI is InChI=1S/C25H28O6/c1-19(26)12-13-24(27)31-25-22(30-17-21-10-6-3-7-11-21)14-15-29-23(25)18-28-16-20-8-4-2-5-9-20/h2-11,14-15,22-23,25H,12-13,16-18H2,1H3/t22-,23-,25+/m1/s1. The lowest BCUT2D eigenvalue weighted by atomic mass is 10.1. The van der Waals surface area contributed by atoms with E-state index in [0.717, 1.165) is 11.1 Å². The first-order valence-corrected chi connectivity index (χ1v) is 10.4. The van der Waals surface area contributed by atoms with Crippen molar-refractivity contribution in [2.45, 2.75) is 51.3 Å². The fourth-order valence-corrected chi connectivity index (χ4v) is 3.17. The average Bonchev–Trinajstić information content (AvgIpc) is 2.79. The highest BCUT2D eigenvalue weighted by molar-refractivity contribution is 5.81. The van der Waals surface area contributed by atoms with Crippen LogP contribution in [0, 0.1) is 0 Å². The van der Waals surface area contributed by atoms with E-state index >= 15 is 0 Å². The topological polar surface area (TPSA) is 71.1 Å². The number of esters is 1. The normalized spacial score (nSPS) is 20.1. The van der Waals surface area contributed by atoms with E-state index in [4.69, 9.17) is 18.9 Å². The Kier molecular flexibility index (Phi) is 8.82. The maximum atomic E-state index is 12.3. The van der Waals surface area contributed by atoms with E-state index in [9.17, 15) is 9.59 Å². The Labute approximate surface area is 182 Å². The quantitative estimate of drug-likeness (QED) is 0.508. The highest BCUT2D eigenvalue weighted by Gasteiger charge is 2.36. The monoisotopic (exact) mass is 424 g/mol. The Morgan fingerprint density at radius 3 is 2.19 bits per heavy atom. The van der Waals surface area contributed by atoms with Crippen molar-refractivity contribution in [3.8, 4) is 0 Å². The molecule has 3 rings (SSSR count). The average molecular weight is 424 g/mol. The lowest BCUT2D eigenvalue weighted by Crippen LogP contribution is -2.47. The maximum Gasteiger partial charge on any atom is 0.306 e. The molecule has 0 aliphatic carbocycles. The summed E-state index contributed by atoms with van der Waals surface area (Å²) in [6.07, 6.45) is 1.79. The lowest BCUT2D eigenvalue weighted by molar-refractivity contribution is -0.174. The Morgan fingerprint density at radius 1 is 0.903 bits per heavy atom. The Hall–Kier alpha value is -2.96. The van der Waals surface area contributed by atoms with Crippen LogP contribution in [0.2, 0.25) is 0 Å². The smallest absolute Gasteiger partial charge is 0.306 e. The van der Waals surface area contributed by atoms with Crippen LogP contribution >= 0.6 is 0 Å². The fourth-order valence-electron chi connectivity index (χ4n) is 3.17. The summed E-state index contributed by atoms with van der Waals surface area (Å²) in [6.45, 7) is 2.47. The number of carbonyl (C=O) groups is 2. The molecule has 0 N–H and O–H groups in total. The largest absolute Gasteiger partial charge is 0.492 e. The van der Waals surface area contributed by atoms with Gasteiger partial charge >= 0.3 is 5.97 Å². The van der Waals surface area contributed by atoms with E-state index in [1.54, 1.807) is 12.3 Å². The van der Waals surface area contributed by atoms with Crippen LogP contribution in [0.3, 0.4) is 0 Å². The van der Waals surface area contributed by atoms with Gasteiger partial charge in [-0.3, -0.25) is 4.79 Å². The van der Waals surface area contributed by atoms with Gasteiger partial charge in [-0.25, -0.2) is 0 Å². The third kappa shape index (κ3) is 7.66. The number of ketones is 1. The van der Waals surface area contributed by atoms with E-state index in [0.29, 0.717) is 13.2 Å². The number of carbonyl (C=O) groups excluding carboxylic acids is 2. The molecule has 0 spiro atoms. The van der Waals surface area contributed by atoms with Gasteiger partial charge in [0.1, 0.15) is 11.9 Å². The molecule has 6 heteroatoms. The molecule has 0 bridgehead atoms. The van der Waals surface area contributed by atoms with Crippen molar-refractivity contribution in [3.05, 3.63) is 84.1 Å². The van der Waals surface area contributed by atoms with Crippen molar-refractivity contribution in [3.63, 3.8) is 0 Å². The van der Waals surface area contributed by atoms with Crippen molar-refractivity contribution < 1.29 is 28.5 Å². The highest BCUT2D eigenvalue weighted by Crippen LogP contribution is 2.22. The maximum absolute atomic E-state index is 12.3. The number of rotatable bonds is 11. The van der Waals surface area contributed by atoms with Crippen molar-refractivity contribution in [1.29, 1.82) is 0 Å². The van der Waals surface area contributed by atoms with Crippen LogP contribution in [0.5, 0.6) is 0 Å². The first kappa shape index (κ1) is 22.7. The van der Waals surface area contributed by atoms with Gasteiger partial charge in [0.25, 0.3) is 0 Å². The molecule has 2 aromatic rings. The van der Waals surface area contributed by atoms with Crippen molar-refractivity contribution in [2.24, 2.45) is 0 Å². The summed E-state index contributed by atoms with van der Waals surface area (Å²) in [5, 5.41) is 0. The summed E-state index contributed by atoms with van der Waals surface area (Å²) in [7, 11) is 0. The van der Waals surface area contributed by atoms with Crippen LogP contribution in [0.15, 0.2) is 73.0 Å². The Morgan fingerprint density at radius 2 is 1.55 bits per heavy atom. The number of Topliss-reactive ketones (excluding diaryl/α,β-unsaturated/α-hetero) is 1. The summed E-state index contributed by atoms with van der Waals surface area (Å²) in [5.74, 6) is -0.517. The predicted octanol–water partition coefficient (Wildman–Crippen LogP) is 3.98. The molecule has 0 saturated heterocycles. The van der Waals surface area contributed by atoms with Gasteiger partial charge in [-0.15, -0.1) is 0 Å². The van der Waals surface area contributed by atoms with Crippen LogP contribution in [-0.2, 0) is 41.8 Å². The Bertz CT molecular complexity index is 849. The summed E-state index contributed by atoms with van der Waals surface area (Å²) in [4.78, 5) is 23.5. The third-order valence-electron chi connectivity index (χ3n) is 4.84. The fraction of sp³-hybridized carbons (Fsp3) is 0.360. The second-order valence-electron chi connectivity index (χ2n) is 7.42. The summed E-state index contributed by atoms with van der Waals surface area (Å²) in [5.41, 5.74) is 2.06. The van der Waals surface area contributed by atoms with Gasteiger partial charge in [-0.2, -0.15) is 0 Å². The van der Waals surface area contributed by atoms with Crippen molar-refractivity contribution >= 4 is 11.8 Å². The van der Waals surface area contributed by atoms with E-state index in [-0.39, 0.29) is 25.2 Å². The molecule has 0 radical (unpaired) electrons. The third-order valence-corrected chi connectivity index (χ3v) is 4.84. The van der Waals surface area contributed by atoms with Gasteiger partial charge in [0, 0.05) is 6.42 Å². The molecule has 1 aliphatic rings. The van der Waals surface area contributed by atoms with E-state index in [1.807, 2.05) is 60.7 Å². The highest BCUT2D eigenvalue weighted by atomic mass is 16.6. The van der Waals surface area contributed by atoms with Gasteiger partial charge in [-0.1, -0.05) is 60.7 Å². The zero-order valence-electron chi connectivity index (χ0n) is 17.6. The zero-order chi connectivity index (χ0) is 21.9. The van der Waals surface area contributed by atoms with Crippen molar-refractivity contribution in [2.75, 3.05) is 6.61 Å². The molecular formula is C25H28O6. The van der Waals surface area contributed by atoms with Crippen LogP contribution in [0.25, 0.3) is 0 Å². The van der Waals surface area contributed by atoms with Crippen LogP contribution < -0.4 is 0 Å². The zero-order valence-corrected chi connectivity index (χ0v) is 17.6. The van der Waals surface area contributed by atoms with Gasteiger partial charge in [-0.05, 0) is 24.1 Å². The molecule has 0 aromatic heterocycles. The molecular weight excluding hydrogens is 396 g/mol. The summed E-state index contributed by atoms with van der Waals surface area (Å²) >= 11 is 0. The lowest BCUT2D eigenvalue weighted by Gasteiger charge is -2.34. The van der Waals surface area contributed by atoms with Gasteiger partial charge in [0.2, 0.25) is 0 Å². The molecule has 0 saturated carbocycles. The van der Waals surface area contributed by atoms with Crippen LogP contribution in [0.1, 0.15) is 30.9 Å². The molecule has 1 aliphatic heterocycles. The van der Waals surface area contributed by atoms with E-state index in [2.05, 4.69) is 0 Å². The Balaban J connectivity index is 1.62. The SMILES string of the molecule is CC(=O)CCC(=O)O[C@H]1[C@H](OCc2ccccc2)C=CO[C@@H]1COCc1ccccc1. The van der Waals surface area contributed by atoms with Gasteiger partial charge < -0.3 is 23.7 Å². The number of hydrogen-bond donors (Lipinski definition) is 0. The van der Waals surface area contributed by atoms with Crippen LogP contribution in [0.4, 0.5) is 0 Å². The van der Waals surface area contributed by atoms with Crippen LogP contribution in [-0.4, -0.2) is 36.7 Å². The number of hydrogen-bond acceptors (Lipinski definition) is 6. The molecule has 1 heterocycles. The first-order chi connectivity index (χ1) is 15.1. The molecule has 6 nitrogen and oxygen atoms in total. The second kappa shape index (κ2) is 12.0. The minimum absolute atomic E-state index is 0.0263. The minimum atomic E-state index is -0.677. The van der Waals surface area contributed by atoms with Gasteiger partial charge in [0.15, 0.2) is 12.2 Å². The number of benzene rings is 2. The molecule has 0 unspecified atom stereocenters. The van der Waals surface area contributed by atoms with Crippen molar-refractivity contribution in [1.82, 2.24) is 0 Å². The van der Waals surface area contributed by atoms with E-state index < -0.39 is 24.3 Å². The molecule has 164 valence electrons. The summed E-state index contributed by atoms with van der Waals surface area (Å²) in [6, 6.07) is 19.6. The van der Waals surface area contributed by atoms with Gasteiger partial charge in [0.05, 0.1) is 32.5 Å². The molecule has 0 fully saturated rings. The second-order valence-corrected chi connectivity index (χ2v) is 7.42. The molecule has 31 heavy (non-hydrogen) atoms. The van der Waals surface area contributed by atoms with E-state index in [1.165, 1.54) is 6.92 Å². The molecule has 3 atom stereocenters. The molecule has 0 amide bonds.